The van der Waals surface area contributed by atoms with Gasteiger partial charge in [-0.2, -0.15) is 0 Å². The maximum absolute atomic E-state index is 11.4. The summed E-state index contributed by atoms with van der Waals surface area (Å²) >= 11 is 1.18. The molecule has 0 unspecified atom stereocenters. The molecule has 0 aromatic carbocycles. The Morgan fingerprint density at radius 3 is 2.94 bits per heavy atom. The SMILES string of the molecule is COCCOCC(=O)Nc1nc(CC(=O)O)cs1. The van der Waals surface area contributed by atoms with Gasteiger partial charge in [-0.1, -0.05) is 0 Å². The average molecular weight is 274 g/mol. The van der Waals surface area contributed by atoms with Gasteiger partial charge in [0, 0.05) is 12.5 Å². The number of thiazole rings is 1. The fourth-order valence-corrected chi connectivity index (χ4v) is 1.79. The second-order valence-corrected chi connectivity index (χ2v) is 4.17. The summed E-state index contributed by atoms with van der Waals surface area (Å²) in [5.74, 6) is -1.29. The number of amides is 1. The molecule has 0 aliphatic heterocycles. The lowest BCUT2D eigenvalue weighted by atomic mass is 10.3. The van der Waals surface area contributed by atoms with Crippen molar-refractivity contribution in [2.45, 2.75) is 6.42 Å². The van der Waals surface area contributed by atoms with Crippen LogP contribution in [-0.4, -0.2) is 48.9 Å². The van der Waals surface area contributed by atoms with Gasteiger partial charge in [0.2, 0.25) is 0 Å². The molecule has 100 valence electrons. The average Bonchev–Trinajstić information content (AvgIpc) is 2.71. The minimum absolute atomic E-state index is 0.0861. The van der Waals surface area contributed by atoms with E-state index in [4.69, 9.17) is 14.6 Å². The molecule has 8 heteroatoms. The summed E-state index contributed by atoms with van der Waals surface area (Å²) in [6, 6.07) is 0. The molecule has 1 aromatic heterocycles. The van der Waals surface area contributed by atoms with Crippen LogP contribution in [0.2, 0.25) is 0 Å². The fraction of sp³-hybridized carbons (Fsp3) is 0.500. The van der Waals surface area contributed by atoms with Gasteiger partial charge >= 0.3 is 5.97 Å². The van der Waals surface area contributed by atoms with Crippen LogP contribution in [0, 0.1) is 0 Å². The number of nitrogens with zero attached hydrogens (tertiary/aromatic N) is 1. The summed E-state index contributed by atoms with van der Waals surface area (Å²) in [5.41, 5.74) is 0.420. The van der Waals surface area contributed by atoms with Crippen LogP contribution in [0.4, 0.5) is 5.13 Å². The molecule has 0 atom stereocenters. The normalized spacial score (nSPS) is 10.3. The number of aromatic nitrogens is 1. The van der Waals surface area contributed by atoms with Crippen LogP contribution < -0.4 is 5.32 Å². The maximum atomic E-state index is 11.4. The minimum Gasteiger partial charge on any atom is -0.481 e. The molecule has 0 aliphatic rings. The molecule has 1 amide bonds. The molecule has 0 saturated carbocycles. The van der Waals surface area contributed by atoms with E-state index < -0.39 is 5.97 Å². The number of carbonyl (C=O) groups is 2. The Labute approximate surface area is 108 Å². The van der Waals surface area contributed by atoms with Crippen LogP contribution in [-0.2, 0) is 25.5 Å². The second-order valence-electron chi connectivity index (χ2n) is 3.31. The zero-order valence-corrected chi connectivity index (χ0v) is 10.7. The van der Waals surface area contributed by atoms with E-state index in [-0.39, 0.29) is 18.9 Å². The molecule has 1 heterocycles. The van der Waals surface area contributed by atoms with Crippen molar-refractivity contribution in [3.05, 3.63) is 11.1 Å². The summed E-state index contributed by atoms with van der Waals surface area (Å²) < 4.78 is 9.78. The van der Waals surface area contributed by atoms with Gasteiger partial charge in [0.25, 0.3) is 5.91 Å². The number of carboxylic acids is 1. The molecule has 0 saturated heterocycles. The second kappa shape index (κ2) is 7.75. The lowest BCUT2D eigenvalue weighted by Crippen LogP contribution is -2.19. The Morgan fingerprint density at radius 2 is 2.28 bits per heavy atom. The van der Waals surface area contributed by atoms with E-state index >= 15 is 0 Å². The van der Waals surface area contributed by atoms with Gasteiger partial charge in [-0.3, -0.25) is 14.9 Å². The third-order valence-corrected chi connectivity index (χ3v) is 2.60. The molecule has 0 radical (unpaired) electrons. The van der Waals surface area contributed by atoms with E-state index in [1.54, 1.807) is 12.5 Å². The van der Waals surface area contributed by atoms with Crippen LogP contribution in [0.25, 0.3) is 0 Å². The van der Waals surface area contributed by atoms with E-state index in [0.717, 1.165) is 0 Å². The number of nitrogens with one attached hydrogen (secondary N) is 1. The molecule has 0 spiro atoms. The highest BCUT2D eigenvalue weighted by molar-refractivity contribution is 7.13. The van der Waals surface area contributed by atoms with Crippen molar-refractivity contribution < 1.29 is 24.2 Å². The number of rotatable bonds is 8. The molecule has 2 N–H and O–H groups in total. The smallest absolute Gasteiger partial charge is 0.309 e. The minimum atomic E-state index is -0.957. The highest BCUT2D eigenvalue weighted by Gasteiger charge is 2.08. The monoisotopic (exact) mass is 274 g/mol. The number of carboxylic acid groups (broad SMARTS) is 1. The van der Waals surface area contributed by atoms with Crippen molar-refractivity contribution in [1.82, 2.24) is 4.98 Å². The first kappa shape index (κ1) is 14.6. The zero-order valence-electron chi connectivity index (χ0n) is 9.84. The summed E-state index contributed by atoms with van der Waals surface area (Å²) in [7, 11) is 1.54. The first-order valence-electron chi connectivity index (χ1n) is 5.14. The molecule has 1 aromatic rings. The highest BCUT2D eigenvalue weighted by atomic mass is 32.1. The fourth-order valence-electron chi connectivity index (χ4n) is 1.06. The number of hydrogen-bond acceptors (Lipinski definition) is 6. The van der Waals surface area contributed by atoms with Crippen LogP contribution in [0.3, 0.4) is 0 Å². The van der Waals surface area contributed by atoms with Crippen molar-refractivity contribution in [2.24, 2.45) is 0 Å². The van der Waals surface area contributed by atoms with Crippen molar-refractivity contribution in [1.29, 1.82) is 0 Å². The summed E-state index contributed by atoms with van der Waals surface area (Å²) in [4.78, 5) is 25.8. The maximum Gasteiger partial charge on any atom is 0.309 e. The third kappa shape index (κ3) is 5.71. The predicted octanol–water partition coefficient (Wildman–Crippen LogP) is 0.372. The Morgan fingerprint density at radius 1 is 1.50 bits per heavy atom. The number of anilines is 1. The van der Waals surface area contributed by atoms with Crippen LogP contribution in [0.15, 0.2) is 5.38 Å². The Hall–Kier alpha value is -1.51. The van der Waals surface area contributed by atoms with E-state index in [2.05, 4.69) is 10.3 Å². The van der Waals surface area contributed by atoms with Crippen molar-refractivity contribution >= 4 is 28.3 Å². The van der Waals surface area contributed by atoms with E-state index in [1.165, 1.54) is 11.3 Å². The lowest BCUT2D eigenvalue weighted by molar-refractivity contribution is -0.136. The van der Waals surface area contributed by atoms with Gasteiger partial charge in [0.15, 0.2) is 5.13 Å². The number of methoxy groups -OCH3 is 1. The van der Waals surface area contributed by atoms with Gasteiger partial charge in [-0.25, -0.2) is 4.98 Å². The number of hydrogen-bond donors (Lipinski definition) is 2. The number of carbonyl (C=O) groups excluding carboxylic acids is 1. The largest absolute Gasteiger partial charge is 0.481 e. The summed E-state index contributed by atoms with van der Waals surface area (Å²) in [5, 5.41) is 13.1. The quantitative estimate of drug-likeness (QED) is 0.665. The Kier molecular flexibility index (Phi) is 6.26. The molecule has 0 bridgehead atoms. The van der Waals surface area contributed by atoms with Gasteiger partial charge in [-0.05, 0) is 0 Å². The topological polar surface area (TPSA) is 97.8 Å². The molecule has 1 rings (SSSR count). The van der Waals surface area contributed by atoms with Crippen LogP contribution >= 0.6 is 11.3 Å². The van der Waals surface area contributed by atoms with Gasteiger partial charge in [0.05, 0.1) is 25.3 Å². The molecule has 7 nitrogen and oxygen atoms in total. The van der Waals surface area contributed by atoms with Crippen molar-refractivity contribution in [3.8, 4) is 0 Å². The lowest BCUT2D eigenvalue weighted by Gasteiger charge is -2.03. The number of aliphatic carboxylic acids is 1. The van der Waals surface area contributed by atoms with Crippen molar-refractivity contribution in [3.63, 3.8) is 0 Å². The summed E-state index contributed by atoms with van der Waals surface area (Å²) in [6.45, 7) is 0.677. The van der Waals surface area contributed by atoms with E-state index in [0.29, 0.717) is 24.0 Å². The third-order valence-electron chi connectivity index (χ3n) is 1.80. The number of ether oxygens (including phenoxy) is 2. The molecule has 0 fully saturated rings. The molecular weight excluding hydrogens is 260 g/mol. The first-order chi connectivity index (χ1) is 8.61. The van der Waals surface area contributed by atoms with Gasteiger partial charge in [-0.15, -0.1) is 11.3 Å². The highest BCUT2D eigenvalue weighted by Crippen LogP contribution is 2.15. The predicted molar refractivity (Wildman–Crippen MR) is 64.8 cm³/mol. The standard InChI is InChI=1S/C10H14N2O5S/c1-16-2-3-17-5-8(13)12-10-11-7(6-18-10)4-9(14)15/h6H,2-5H2,1H3,(H,14,15)(H,11,12,13). The molecule has 0 aliphatic carbocycles. The van der Waals surface area contributed by atoms with Crippen LogP contribution in [0.1, 0.15) is 5.69 Å². The first-order valence-corrected chi connectivity index (χ1v) is 6.02. The zero-order chi connectivity index (χ0) is 13.4. The van der Waals surface area contributed by atoms with Crippen molar-refractivity contribution in [2.75, 3.05) is 32.2 Å². The van der Waals surface area contributed by atoms with Gasteiger partial charge < -0.3 is 14.6 Å². The van der Waals surface area contributed by atoms with Gasteiger partial charge in [0.1, 0.15) is 6.61 Å². The Balaban J connectivity index is 2.31. The molecular formula is C10H14N2O5S. The molecule has 18 heavy (non-hydrogen) atoms. The van der Waals surface area contributed by atoms with Crippen LogP contribution in [0.5, 0.6) is 0 Å². The summed E-state index contributed by atoms with van der Waals surface area (Å²) in [6.07, 6.45) is -0.156. The van der Waals surface area contributed by atoms with E-state index in [1.807, 2.05) is 0 Å². The Bertz CT molecular complexity index is 407. The van der Waals surface area contributed by atoms with E-state index in [9.17, 15) is 9.59 Å².